The van der Waals surface area contributed by atoms with Gasteiger partial charge in [0, 0.05) is 19.3 Å². The third kappa shape index (κ3) is 38.2. The van der Waals surface area contributed by atoms with Crippen LogP contribution < -0.4 is 0 Å². The Morgan fingerprint density at radius 3 is 1.37 bits per heavy atom. The van der Waals surface area contributed by atoms with Gasteiger partial charge in [-0.1, -0.05) is 165 Å². The van der Waals surface area contributed by atoms with Crippen LogP contribution in [0.25, 0.3) is 0 Å². The van der Waals surface area contributed by atoms with Crippen molar-refractivity contribution in [3.63, 3.8) is 0 Å². The van der Waals surface area contributed by atoms with Crippen LogP contribution in [0.5, 0.6) is 0 Å². The van der Waals surface area contributed by atoms with Gasteiger partial charge in [-0.3, -0.25) is 14.4 Å². The van der Waals surface area contributed by atoms with Crippen molar-refractivity contribution in [2.24, 2.45) is 0 Å². The van der Waals surface area contributed by atoms with Gasteiger partial charge in [0.2, 0.25) is 0 Å². The van der Waals surface area contributed by atoms with E-state index in [9.17, 15) is 14.4 Å². The molecule has 1 atom stereocenters. The lowest BCUT2D eigenvalue weighted by Crippen LogP contribution is -2.30. The molecule has 0 rings (SSSR count). The van der Waals surface area contributed by atoms with E-state index in [0.29, 0.717) is 19.3 Å². The number of esters is 3. The average Bonchev–Trinajstić information content (AvgIpc) is 3.12. The molecule has 0 N–H and O–H groups in total. The molecule has 0 spiro atoms. The number of allylic oxidation sites excluding steroid dienone is 10. The van der Waals surface area contributed by atoms with Crippen molar-refractivity contribution in [2.75, 3.05) is 13.2 Å². The van der Waals surface area contributed by atoms with Crippen LogP contribution in [0.15, 0.2) is 60.8 Å². The zero-order chi connectivity index (χ0) is 37.3. The fourth-order valence-corrected chi connectivity index (χ4v) is 5.40. The molecule has 0 aromatic heterocycles. The van der Waals surface area contributed by atoms with Gasteiger partial charge in [0.15, 0.2) is 6.10 Å². The van der Waals surface area contributed by atoms with Gasteiger partial charge in [0.25, 0.3) is 0 Å². The first-order chi connectivity index (χ1) is 25.0. The molecule has 0 fully saturated rings. The van der Waals surface area contributed by atoms with Crippen LogP contribution in [0.4, 0.5) is 0 Å². The van der Waals surface area contributed by atoms with Crippen molar-refractivity contribution in [3.05, 3.63) is 60.8 Å². The summed E-state index contributed by atoms with van der Waals surface area (Å²) < 4.78 is 16.5. The van der Waals surface area contributed by atoms with Crippen LogP contribution >= 0.6 is 0 Å². The summed E-state index contributed by atoms with van der Waals surface area (Å²) in [6.45, 7) is 6.36. The van der Waals surface area contributed by atoms with E-state index in [1.165, 1.54) is 77.0 Å². The van der Waals surface area contributed by atoms with Crippen molar-refractivity contribution < 1.29 is 28.6 Å². The predicted octanol–water partition coefficient (Wildman–Crippen LogP) is 13.0. The summed E-state index contributed by atoms with van der Waals surface area (Å²) in [5.74, 6) is -1.05. The Morgan fingerprint density at radius 1 is 0.412 bits per heavy atom. The van der Waals surface area contributed by atoms with E-state index in [-0.39, 0.29) is 44.0 Å². The van der Waals surface area contributed by atoms with E-state index < -0.39 is 6.10 Å². The number of hydrogen-bond acceptors (Lipinski definition) is 6. The molecular weight excluding hydrogens is 636 g/mol. The molecular formula is C45H76O6. The van der Waals surface area contributed by atoms with Crippen molar-refractivity contribution in [1.82, 2.24) is 0 Å². The molecule has 0 heterocycles. The minimum atomic E-state index is -0.816. The second kappa shape index (κ2) is 39.9. The molecule has 1 unspecified atom stereocenters. The van der Waals surface area contributed by atoms with E-state index in [1.807, 2.05) is 6.08 Å². The van der Waals surface area contributed by atoms with Crippen molar-refractivity contribution in [1.29, 1.82) is 0 Å². The minimum absolute atomic E-state index is 0.111. The number of rotatable bonds is 36. The van der Waals surface area contributed by atoms with Gasteiger partial charge >= 0.3 is 17.9 Å². The molecule has 51 heavy (non-hydrogen) atoms. The lowest BCUT2D eigenvalue weighted by Gasteiger charge is -2.18. The molecule has 0 aliphatic carbocycles. The fraction of sp³-hybridized carbons (Fsp3) is 0.711. The quantitative estimate of drug-likeness (QED) is 0.0278. The highest BCUT2D eigenvalue weighted by molar-refractivity contribution is 5.71. The lowest BCUT2D eigenvalue weighted by atomic mass is 10.1. The monoisotopic (exact) mass is 713 g/mol. The molecule has 6 nitrogen and oxygen atoms in total. The van der Waals surface area contributed by atoms with Crippen molar-refractivity contribution in [2.45, 2.75) is 194 Å². The summed E-state index contributed by atoms with van der Waals surface area (Å²) >= 11 is 0. The van der Waals surface area contributed by atoms with E-state index in [0.717, 1.165) is 57.8 Å². The van der Waals surface area contributed by atoms with Gasteiger partial charge in [-0.05, 0) is 64.2 Å². The molecule has 0 aromatic rings. The lowest BCUT2D eigenvalue weighted by molar-refractivity contribution is -0.166. The third-order valence-electron chi connectivity index (χ3n) is 8.52. The fourth-order valence-electron chi connectivity index (χ4n) is 5.40. The number of hydrogen-bond donors (Lipinski definition) is 0. The summed E-state index contributed by atoms with van der Waals surface area (Å²) in [6.07, 6.45) is 46.6. The Kier molecular flexibility index (Phi) is 37.6. The summed E-state index contributed by atoms with van der Waals surface area (Å²) in [6, 6.07) is 0. The van der Waals surface area contributed by atoms with Gasteiger partial charge in [-0.15, -0.1) is 0 Å². The Balaban J connectivity index is 4.52. The Hall–Kier alpha value is -2.89. The Bertz CT molecular complexity index is 960. The second-order valence-electron chi connectivity index (χ2n) is 13.5. The normalized spacial score (nSPS) is 12.6. The first-order valence-corrected chi connectivity index (χ1v) is 20.8. The van der Waals surface area contributed by atoms with Crippen LogP contribution in [-0.4, -0.2) is 37.2 Å². The molecule has 0 saturated carbocycles. The minimum Gasteiger partial charge on any atom is -0.462 e. The van der Waals surface area contributed by atoms with Crippen LogP contribution in [0.3, 0.4) is 0 Å². The molecule has 0 aliphatic rings. The highest BCUT2D eigenvalue weighted by Crippen LogP contribution is 2.12. The van der Waals surface area contributed by atoms with E-state index in [1.54, 1.807) is 0 Å². The molecule has 0 aromatic carbocycles. The standard InChI is InChI=1S/C45H76O6/c1-4-7-10-13-16-19-21-22-24-26-29-32-35-38-44(47)50-41-42(40-49-43(46)37-34-31-28-25-18-15-12-9-6-3)51-45(48)39-36-33-30-27-23-20-17-14-11-8-5-2/h8,11,17,20,22,24,27,29-30,32,42H,4-7,9-10,12-16,18-19,21,23,25-26,28,31,33-41H2,1-3H3/b11-8-,20-17-,24-22-,30-27-,32-29-. The number of carbonyl (C=O) groups is 3. The SMILES string of the molecule is CC/C=C\C/C=C\C/C=C\CCCC(=O)OC(COC(=O)CC/C=C\C/C=C\CCCCCCCC)COC(=O)CCCCCCCCCCC. The Morgan fingerprint density at radius 2 is 0.824 bits per heavy atom. The van der Waals surface area contributed by atoms with Crippen LogP contribution in [0.2, 0.25) is 0 Å². The van der Waals surface area contributed by atoms with E-state index >= 15 is 0 Å². The van der Waals surface area contributed by atoms with Crippen molar-refractivity contribution >= 4 is 17.9 Å². The topological polar surface area (TPSA) is 78.9 Å². The molecule has 0 aliphatic heterocycles. The van der Waals surface area contributed by atoms with Gasteiger partial charge < -0.3 is 14.2 Å². The summed E-state index contributed by atoms with van der Waals surface area (Å²) in [7, 11) is 0. The van der Waals surface area contributed by atoms with Gasteiger partial charge in [0.05, 0.1) is 0 Å². The zero-order valence-electron chi connectivity index (χ0n) is 33.1. The van der Waals surface area contributed by atoms with E-state index in [4.69, 9.17) is 14.2 Å². The molecule has 0 saturated heterocycles. The van der Waals surface area contributed by atoms with Crippen molar-refractivity contribution in [3.8, 4) is 0 Å². The van der Waals surface area contributed by atoms with Crippen LogP contribution in [0, 0.1) is 0 Å². The van der Waals surface area contributed by atoms with Gasteiger partial charge in [0.1, 0.15) is 13.2 Å². The first-order valence-electron chi connectivity index (χ1n) is 20.8. The molecule has 0 bridgehead atoms. The second-order valence-corrected chi connectivity index (χ2v) is 13.5. The molecule has 6 heteroatoms. The van der Waals surface area contributed by atoms with Gasteiger partial charge in [-0.25, -0.2) is 0 Å². The predicted molar refractivity (Wildman–Crippen MR) is 215 cm³/mol. The summed E-state index contributed by atoms with van der Waals surface area (Å²) in [4.78, 5) is 37.4. The van der Waals surface area contributed by atoms with Crippen LogP contribution in [-0.2, 0) is 28.6 Å². The average molecular weight is 713 g/mol. The Labute approximate surface area is 313 Å². The van der Waals surface area contributed by atoms with Crippen LogP contribution in [0.1, 0.15) is 188 Å². The highest BCUT2D eigenvalue weighted by atomic mass is 16.6. The maximum absolute atomic E-state index is 12.6. The number of unbranched alkanes of at least 4 members (excludes halogenated alkanes) is 15. The summed E-state index contributed by atoms with van der Waals surface area (Å²) in [5.41, 5.74) is 0. The first kappa shape index (κ1) is 48.1. The maximum Gasteiger partial charge on any atom is 0.306 e. The molecule has 0 amide bonds. The zero-order valence-corrected chi connectivity index (χ0v) is 33.1. The van der Waals surface area contributed by atoms with E-state index in [2.05, 4.69) is 75.5 Å². The smallest absolute Gasteiger partial charge is 0.306 e. The largest absolute Gasteiger partial charge is 0.462 e. The third-order valence-corrected chi connectivity index (χ3v) is 8.52. The maximum atomic E-state index is 12.6. The van der Waals surface area contributed by atoms with Gasteiger partial charge in [-0.2, -0.15) is 0 Å². The number of carbonyl (C=O) groups excluding carboxylic acids is 3. The number of ether oxygens (including phenoxy) is 3. The molecule has 292 valence electrons. The summed E-state index contributed by atoms with van der Waals surface area (Å²) in [5, 5.41) is 0. The molecule has 0 radical (unpaired) electrons. The highest BCUT2D eigenvalue weighted by Gasteiger charge is 2.19.